The Morgan fingerprint density at radius 1 is 1.12 bits per heavy atom. The van der Waals surface area contributed by atoms with Crippen LogP contribution in [0.3, 0.4) is 0 Å². The van der Waals surface area contributed by atoms with E-state index in [0.29, 0.717) is 37.9 Å². The molecule has 0 atom stereocenters. The zero-order valence-corrected chi connectivity index (χ0v) is 20.6. The van der Waals surface area contributed by atoms with Crippen LogP contribution in [-0.2, 0) is 21.2 Å². The summed E-state index contributed by atoms with van der Waals surface area (Å²) >= 11 is 0. The lowest BCUT2D eigenvalue weighted by atomic mass is 9.94. The maximum atomic E-state index is 13.2. The van der Waals surface area contributed by atoms with E-state index in [4.69, 9.17) is 4.42 Å². The van der Waals surface area contributed by atoms with Gasteiger partial charge in [0.1, 0.15) is 0 Å². The topological polar surface area (TPSA) is 102 Å². The van der Waals surface area contributed by atoms with E-state index in [1.54, 1.807) is 6.07 Å². The molecule has 1 fully saturated rings. The van der Waals surface area contributed by atoms with E-state index in [1.807, 2.05) is 38.1 Å². The molecule has 2 heterocycles. The van der Waals surface area contributed by atoms with Crippen molar-refractivity contribution in [1.82, 2.24) is 8.87 Å². The van der Waals surface area contributed by atoms with Crippen LogP contribution in [0.25, 0.3) is 11.1 Å². The van der Waals surface area contributed by atoms with Gasteiger partial charge < -0.3 is 9.73 Å². The van der Waals surface area contributed by atoms with Crippen LogP contribution in [0, 0.1) is 5.92 Å². The summed E-state index contributed by atoms with van der Waals surface area (Å²) in [4.78, 5) is 24.7. The number of amides is 1. The first kappa shape index (κ1) is 24.2. The normalized spacial score (nSPS) is 15.8. The van der Waals surface area contributed by atoms with Crippen LogP contribution in [0.5, 0.6) is 0 Å². The molecule has 0 aliphatic carbocycles. The molecule has 2 aromatic carbocycles. The molecule has 1 aliphatic heterocycles. The molecule has 9 heteroatoms. The number of fused-ring (bicyclic) bond motifs is 1. The molecular formula is C25H31N3O5S. The lowest BCUT2D eigenvalue weighted by Gasteiger charge is -2.31. The SMILES string of the molecule is CCc1ccc(NC(=O)CC2CCN(S(=O)(=O)c3ccc4c(c3)oc(=O)n4C(C)C)CC2)cc1. The van der Waals surface area contributed by atoms with Gasteiger partial charge in [0, 0.05) is 37.3 Å². The fourth-order valence-electron chi connectivity index (χ4n) is 4.47. The summed E-state index contributed by atoms with van der Waals surface area (Å²) in [6.07, 6.45) is 2.54. The number of carbonyl (C=O) groups is 1. The Kier molecular flexibility index (Phi) is 6.95. The number of anilines is 1. The van der Waals surface area contributed by atoms with Gasteiger partial charge in [-0.2, -0.15) is 4.31 Å². The first-order valence-corrected chi connectivity index (χ1v) is 13.2. The average Bonchev–Trinajstić information content (AvgIpc) is 3.15. The number of benzene rings is 2. The highest BCUT2D eigenvalue weighted by atomic mass is 32.2. The zero-order valence-electron chi connectivity index (χ0n) is 19.8. The maximum Gasteiger partial charge on any atom is 0.420 e. The van der Waals surface area contributed by atoms with E-state index in [1.165, 1.54) is 26.6 Å². The lowest BCUT2D eigenvalue weighted by Crippen LogP contribution is -2.39. The number of piperidine rings is 1. The summed E-state index contributed by atoms with van der Waals surface area (Å²) in [5.74, 6) is -0.428. The number of aromatic nitrogens is 1. The smallest absolute Gasteiger partial charge is 0.408 e. The van der Waals surface area contributed by atoms with Gasteiger partial charge >= 0.3 is 5.76 Å². The van der Waals surface area contributed by atoms with Crippen molar-refractivity contribution < 1.29 is 17.6 Å². The van der Waals surface area contributed by atoms with Crippen molar-refractivity contribution in [3.63, 3.8) is 0 Å². The van der Waals surface area contributed by atoms with Crippen molar-refractivity contribution in [3.8, 4) is 0 Å². The molecule has 3 aromatic rings. The third-order valence-corrected chi connectivity index (χ3v) is 8.33. The van der Waals surface area contributed by atoms with Crippen LogP contribution >= 0.6 is 0 Å². The molecule has 0 bridgehead atoms. The van der Waals surface area contributed by atoms with Gasteiger partial charge in [-0.25, -0.2) is 13.2 Å². The highest BCUT2D eigenvalue weighted by Gasteiger charge is 2.31. The number of aryl methyl sites for hydroxylation is 1. The molecule has 34 heavy (non-hydrogen) atoms. The molecule has 8 nitrogen and oxygen atoms in total. The van der Waals surface area contributed by atoms with Gasteiger partial charge in [-0.15, -0.1) is 0 Å². The molecule has 0 unspecified atom stereocenters. The third-order valence-electron chi connectivity index (χ3n) is 6.43. The number of hydrogen-bond acceptors (Lipinski definition) is 5. The van der Waals surface area contributed by atoms with Crippen molar-refractivity contribution in [3.05, 3.63) is 58.6 Å². The maximum absolute atomic E-state index is 13.2. The number of sulfonamides is 1. The van der Waals surface area contributed by atoms with Gasteiger partial charge in [0.05, 0.1) is 10.4 Å². The molecule has 0 spiro atoms. The first-order valence-electron chi connectivity index (χ1n) is 11.7. The summed E-state index contributed by atoms with van der Waals surface area (Å²) in [6, 6.07) is 12.3. The largest absolute Gasteiger partial charge is 0.420 e. The molecule has 182 valence electrons. The van der Waals surface area contributed by atoms with Crippen molar-refractivity contribution in [2.24, 2.45) is 5.92 Å². The quantitative estimate of drug-likeness (QED) is 0.541. The van der Waals surface area contributed by atoms with Crippen LogP contribution in [0.15, 0.2) is 56.6 Å². The summed E-state index contributed by atoms with van der Waals surface area (Å²) in [6.45, 7) is 6.52. The highest BCUT2D eigenvalue weighted by molar-refractivity contribution is 7.89. The van der Waals surface area contributed by atoms with Crippen LogP contribution in [-0.4, -0.2) is 36.3 Å². The predicted octanol–water partition coefficient (Wildman–Crippen LogP) is 4.17. The molecule has 4 rings (SSSR count). The molecule has 0 saturated carbocycles. The molecular weight excluding hydrogens is 454 g/mol. The second-order valence-electron chi connectivity index (χ2n) is 9.11. The van der Waals surface area contributed by atoms with E-state index in [-0.39, 0.29) is 28.3 Å². The first-order chi connectivity index (χ1) is 16.2. The van der Waals surface area contributed by atoms with E-state index >= 15 is 0 Å². The predicted molar refractivity (Wildman–Crippen MR) is 131 cm³/mol. The van der Waals surface area contributed by atoms with Crippen molar-refractivity contribution in [2.75, 3.05) is 18.4 Å². The molecule has 1 aromatic heterocycles. The molecule has 1 saturated heterocycles. The molecule has 1 amide bonds. The van der Waals surface area contributed by atoms with Crippen LogP contribution < -0.4 is 11.1 Å². The number of nitrogens with one attached hydrogen (secondary N) is 1. The van der Waals surface area contributed by atoms with Gasteiger partial charge in [0.25, 0.3) is 0 Å². The van der Waals surface area contributed by atoms with E-state index in [9.17, 15) is 18.0 Å². The Hall–Kier alpha value is -2.91. The van der Waals surface area contributed by atoms with Gasteiger partial charge in [-0.3, -0.25) is 9.36 Å². The number of oxazole rings is 1. The van der Waals surface area contributed by atoms with Gasteiger partial charge in [-0.05, 0) is 68.9 Å². The van der Waals surface area contributed by atoms with E-state index in [2.05, 4.69) is 12.2 Å². The van der Waals surface area contributed by atoms with Crippen molar-refractivity contribution in [1.29, 1.82) is 0 Å². The van der Waals surface area contributed by atoms with E-state index in [0.717, 1.165) is 12.1 Å². The monoisotopic (exact) mass is 485 g/mol. The van der Waals surface area contributed by atoms with Gasteiger partial charge in [0.15, 0.2) is 5.58 Å². The number of carbonyl (C=O) groups excluding carboxylic acids is 1. The summed E-state index contributed by atoms with van der Waals surface area (Å²) in [7, 11) is -3.72. The van der Waals surface area contributed by atoms with Gasteiger partial charge in [-0.1, -0.05) is 19.1 Å². The molecule has 1 N–H and O–H groups in total. The van der Waals surface area contributed by atoms with Gasteiger partial charge in [0.2, 0.25) is 15.9 Å². The van der Waals surface area contributed by atoms with Crippen molar-refractivity contribution >= 4 is 32.7 Å². The van der Waals surface area contributed by atoms with E-state index < -0.39 is 15.8 Å². The Bertz CT molecular complexity index is 1330. The molecule has 1 aliphatic rings. The standard InChI is InChI=1S/C25H31N3O5S/c1-4-18-5-7-20(8-6-18)26-24(29)15-19-11-13-27(14-12-19)34(31,32)21-9-10-22-23(16-21)33-25(30)28(22)17(2)3/h5-10,16-17,19H,4,11-15H2,1-3H3,(H,26,29). The third kappa shape index (κ3) is 4.95. The number of rotatable bonds is 7. The van der Waals surface area contributed by atoms with Crippen LogP contribution in [0.2, 0.25) is 0 Å². The van der Waals surface area contributed by atoms with Crippen LogP contribution in [0.1, 0.15) is 51.6 Å². The minimum absolute atomic E-state index is 0.0549. The highest BCUT2D eigenvalue weighted by Crippen LogP contribution is 2.28. The number of nitrogens with zero attached hydrogens (tertiary/aromatic N) is 2. The minimum atomic E-state index is -3.72. The second kappa shape index (κ2) is 9.76. The summed E-state index contributed by atoms with van der Waals surface area (Å²) in [5, 5.41) is 2.93. The van der Waals surface area contributed by atoms with Crippen LogP contribution in [0.4, 0.5) is 5.69 Å². The average molecular weight is 486 g/mol. The Labute approximate surface area is 199 Å². The Morgan fingerprint density at radius 3 is 2.41 bits per heavy atom. The summed E-state index contributed by atoms with van der Waals surface area (Å²) in [5.41, 5.74) is 2.83. The fraction of sp³-hybridized carbons (Fsp3) is 0.440. The minimum Gasteiger partial charge on any atom is -0.408 e. The fourth-order valence-corrected chi connectivity index (χ4v) is 5.95. The lowest BCUT2D eigenvalue weighted by molar-refractivity contribution is -0.117. The second-order valence-corrected chi connectivity index (χ2v) is 11.0. The van der Waals surface area contributed by atoms with Crippen molar-refractivity contribution in [2.45, 2.75) is 57.4 Å². The Balaban J connectivity index is 1.38. The Morgan fingerprint density at radius 2 is 1.79 bits per heavy atom. The summed E-state index contributed by atoms with van der Waals surface area (Å²) < 4.78 is 34.6. The molecule has 0 radical (unpaired) electrons. The zero-order chi connectivity index (χ0) is 24.5. The number of hydrogen-bond donors (Lipinski definition) is 1.